The number of nitrogens with one attached hydrogen (secondary N) is 1. The lowest BCUT2D eigenvalue weighted by molar-refractivity contribution is -0.137. The number of sulfonamides is 1. The summed E-state index contributed by atoms with van der Waals surface area (Å²) in [6.45, 7) is 3.35. The predicted molar refractivity (Wildman–Crippen MR) is 56.8 cm³/mol. The maximum absolute atomic E-state index is 12.2. The number of benzene rings is 1. The number of hydrogen-bond donors (Lipinski definition) is 1. The highest BCUT2D eigenvalue weighted by atomic mass is 32.2. The number of alkyl halides is 3. The third kappa shape index (κ3) is 3.57. The van der Waals surface area contributed by atoms with Gasteiger partial charge in [-0.15, -0.1) is 6.58 Å². The van der Waals surface area contributed by atoms with Crippen LogP contribution in [0.25, 0.3) is 0 Å². The Morgan fingerprint density at radius 2 is 1.76 bits per heavy atom. The molecular formula is C10H10F3NO2S. The largest absolute Gasteiger partial charge is 0.416 e. The first-order chi connectivity index (χ1) is 7.77. The van der Waals surface area contributed by atoms with Gasteiger partial charge >= 0.3 is 6.18 Å². The first kappa shape index (κ1) is 13.7. The Balaban J connectivity index is 2.99. The van der Waals surface area contributed by atoms with Crippen LogP contribution in [0.15, 0.2) is 41.8 Å². The Hall–Kier alpha value is -1.34. The van der Waals surface area contributed by atoms with Crippen LogP contribution < -0.4 is 4.72 Å². The van der Waals surface area contributed by atoms with Crippen molar-refractivity contribution in [1.82, 2.24) is 4.72 Å². The molecule has 0 bridgehead atoms. The molecule has 0 amide bonds. The van der Waals surface area contributed by atoms with Gasteiger partial charge in [0.25, 0.3) is 0 Å². The van der Waals surface area contributed by atoms with Gasteiger partial charge in [-0.3, -0.25) is 0 Å². The summed E-state index contributed by atoms with van der Waals surface area (Å²) in [4.78, 5) is -0.215. The molecule has 1 rings (SSSR count). The zero-order valence-electron chi connectivity index (χ0n) is 8.66. The quantitative estimate of drug-likeness (QED) is 0.848. The van der Waals surface area contributed by atoms with Gasteiger partial charge in [-0.05, 0) is 24.3 Å². The molecule has 17 heavy (non-hydrogen) atoms. The van der Waals surface area contributed by atoms with E-state index >= 15 is 0 Å². The second-order valence-corrected chi connectivity index (χ2v) is 4.93. The first-order valence-electron chi connectivity index (χ1n) is 4.55. The molecule has 0 saturated heterocycles. The van der Waals surface area contributed by atoms with Crippen molar-refractivity contribution in [3.05, 3.63) is 42.5 Å². The van der Waals surface area contributed by atoms with Crippen molar-refractivity contribution in [1.29, 1.82) is 0 Å². The van der Waals surface area contributed by atoms with E-state index in [1.165, 1.54) is 6.08 Å². The first-order valence-corrected chi connectivity index (χ1v) is 6.03. The molecule has 0 unspecified atom stereocenters. The maximum Gasteiger partial charge on any atom is 0.416 e. The van der Waals surface area contributed by atoms with E-state index in [1.54, 1.807) is 0 Å². The van der Waals surface area contributed by atoms with Gasteiger partial charge in [0.05, 0.1) is 10.5 Å². The zero-order chi connectivity index (χ0) is 13.1. The molecule has 0 spiro atoms. The van der Waals surface area contributed by atoms with Crippen LogP contribution in [-0.2, 0) is 16.2 Å². The molecule has 0 fully saturated rings. The lowest BCUT2D eigenvalue weighted by Gasteiger charge is -2.08. The van der Waals surface area contributed by atoms with Gasteiger partial charge in [-0.25, -0.2) is 13.1 Å². The molecule has 0 atom stereocenters. The minimum atomic E-state index is -4.48. The minimum absolute atomic E-state index is 0.0172. The highest BCUT2D eigenvalue weighted by Crippen LogP contribution is 2.29. The SMILES string of the molecule is C=CCNS(=O)(=O)c1ccc(C(F)(F)F)cc1. The van der Waals surface area contributed by atoms with Gasteiger partial charge in [0.1, 0.15) is 0 Å². The van der Waals surface area contributed by atoms with Crippen LogP contribution >= 0.6 is 0 Å². The zero-order valence-corrected chi connectivity index (χ0v) is 9.48. The van der Waals surface area contributed by atoms with E-state index < -0.39 is 21.8 Å². The summed E-state index contributed by atoms with van der Waals surface area (Å²) >= 11 is 0. The third-order valence-corrected chi connectivity index (χ3v) is 3.35. The minimum Gasteiger partial charge on any atom is -0.207 e. The van der Waals surface area contributed by atoms with E-state index in [4.69, 9.17) is 0 Å². The highest BCUT2D eigenvalue weighted by Gasteiger charge is 2.30. The summed E-state index contributed by atoms with van der Waals surface area (Å²) in [7, 11) is -3.77. The molecule has 0 heterocycles. The molecule has 0 aromatic heterocycles. The fourth-order valence-corrected chi connectivity index (χ4v) is 2.07. The van der Waals surface area contributed by atoms with Crippen LogP contribution in [0.4, 0.5) is 13.2 Å². The molecule has 0 aliphatic heterocycles. The molecule has 94 valence electrons. The van der Waals surface area contributed by atoms with Crippen LogP contribution in [0.1, 0.15) is 5.56 Å². The average molecular weight is 265 g/mol. The highest BCUT2D eigenvalue weighted by molar-refractivity contribution is 7.89. The topological polar surface area (TPSA) is 46.2 Å². The second kappa shape index (κ2) is 4.89. The molecular weight excluding hydrogens is 255 g/mol. The van der Waals surface area contributed by atoms with Gasteiger partial charge in [-0.2, -0.15) is 13.2 Å². The summed E-state index contributed by atoms with van der Waals surface area (Å²) in [6, 6.07) is 3.27. The van der Waals surface area contributed by atoms with Crippen LogP contribution in [0.5, 0.6) is 0 Å². The Morgan fingerprint density at radius 3 is 2.18 bits per heavy atom. The smallest absolute Gasteiger partial charge is 0.207 e. The van der Waals surface area contributed by atoms with Crippen LogP contribution in [0, 0.1) is 0 Å². The number of hydrogen-bond acceptors (Lipinski definition) is 2. The molecule has 1 N–H and O–H groups in total. The van der Waals surface area contributed by atoms with Crippen molar-refractivity contribution in [2.24, 2.45) is 0 Å². The maximum atomic E-state index is 12.2. The molecule has 0 radical (unpaired) electrons. The third-order valence-electron chi connectivity index (χ3n) is 1.91. The van der Waals surface area contributed by atoms with Crippen LogP contribution in [-0.4, -0.2) is 15.0 Å². The summed E-state index contributed by atoms with van der Waals surface area (Å²) in [5.41, 5.74) is -0.889. The Bertz CT molecular complexity index is 491. The second-order valence-electron chi connectivity index (χ2n) is 3.16. The lowest BCUT2D eigenvalue weighted by atomic mass is 10.2. The molecule has 0 aliphatic rings. The summed E-state index contributed by atoms with van der Waals surface area (Å²) in [6.07, 6.45) is -3.14. The summed E-state index contributed by atoms with van der Waals surface area (Å²) in [5.74, 6) is 0. The molecule has 1 aromatic rings. The number of halogens is 3. The van der Waals surface area contributed by atoms with E-state index in [0.29, 0.717) is 0 Å². The molecule has 7 heteroatoms. The fraction of sp³-hybridized carbons (Fsp3) is 0.200. The van der Waals surface area contributed by atoms with E-state index in [9.17, 15) is 21.6 Å². The van der Waals surface area contributed by atoms with Crippen molar-refractivity contribution >= 4 is 10.0 Å². The van der Waals surface area contributed by atoms with Crippen molar-refractivity contribution in [3.8, 4) is 0 Å². The molecule has 0 aliphatic carbocycles. The number of rotatable bonds is 4. The predicted octanol–water partition coefficient (Wildman–Crippen LogP) is 2.17. The Labute approximate surface area is 97.0 Å². The lowest BCUT2D eigenvalue weighted by Crippen LogP contribution is -2.23. The van der Waals surface area contributed by atoms with Gasteiger partial charge in [-0.1, -0.05) is 6.08 Å². The van der Waals surface area contributed by atoms with Crippen LogP contribution in [0.2, 0.25) is 0 Å². The molecule has 0 saturated carbocycles. The van der Waals surface area contributed by atoms with E-state index in [0.717, 1.165) is 24.3 Å². The van der Waals surface area contributed by atoms with Gasteiger partial charge in [0.15, 0.2) is 0 Å². The van der Waals surface area contributed by atoms with Crippen molar-refractivity contribution in [3.63, 3.8) is 0 Å². The van der Waals surface area contributed by atoms with Gasteiger partial charge in [0, 0.05) is 6.54 Å². The Kier molecular flexibility index (Phi) is 3.94. The monoisotopic (exact) mass is 265 g/mol. The summed E-state index contributed by atoms with van der Waals surface area (Å²) in [5, 5.41) is 0. The van der Waals surface area contributed by atoms with E-state index in [-0.39, 0.29) is 11.4 Å². The molecule has 1 aromatic carbocycles. The summed E-state index contributed by atoms with van der Waals surface area (Å²) < 4.78 is 61.9. The van der Waals surface area contributed by atoms with E-state index in [1.807, 2.05) is 0 Å². The fourth-order valence-electron chi connectivity index (χ4n) is 1.08. The average Bonchev–Trinajstić information content (AvgIpc) is 2.25. The standard InChI is InChI=1S/C10H10F3NO2S/c1-2-7-14-17(15,16)9-5-3-8(4-6-9)10(11,12)13/h2-6,14H,1,7H2. The van der Waals surface area contributed by atoms with Crippen molar-refractivity contribution < 1.29 is 21.6 Å². The van der Waals surface area contributed by atoms with Gasteiger partial charge < -0.3 is 0 Å². The Morgan fingerprint density at radius 1 is 1.24 bits per heavy atom. The van der Waals surface area contributed by atoms with Crippen molar-refractivity contribution in [2.45, 2.75) is 11.1 Å². The van der Waals surface area contributed by atoms with Gasteiger partial charge in [0.2, 0.25) is 10.0 Å². The van der Waals surface area contributed by atoms with Crippen molar-refractivity contribution in [2.75, 3.05) is 6.54 Å². The normalized spacial score (nSPS) is 12.4. The van der Waals surface area contributed by atoms with Crippen LogP contribution in [0.3, 0.4) is 0 Å². The van der Waals surface area contributed by atoms with E-state index in [2.05, 4.69) is 11.3 Å². The molecule has 3 nitrogen and oxygen atoms in total.